The maximum Gasteiger partial charge on any atom is 0.0828 e. The first-order chi connectivity index (χ1) is 5.34. The van der Waals surface area contributed by atoms with Gasteiger partial charge in [0.2, 0.25) is 0 Å². The van der Waals surface area contributed by atoms with Crippen LogP contribution in [0, 0.1) is 5.92 Å². The molecular weight excluding hydrogens is 138 g/mol. The average molecular weight is 155 g/mol. The lowest BCUT2D eigenvalue weighted by molar-refractivity contribution is -0.0641. The van der Waals surface area contributed by atoms with Crippen molar-refractivity contribution >= 4 is 0 Å². The summed E-state index contributed by atoms with van der Waals surface area (Å²) in [6.07, 6.45) is 4.80. The van der Waals surface area contributed by atoms with E-state index in [4.69, 9.17) is 4.74 Å². The van der Waals surface area contributed by atoms with Crippen LogP contribution in [0.2, 0.25) is 0 Å². The summed E-state index contributed by atoms with van der Waals surface area (Å²) in [4.78, 5) is 2.30. The quantitative estimate of drug-likeness (QED) is 0.605. The number of likely N-dealkylation sites (tertiary alicyclic amines) is 1. The number of ether oxygens (including phenoxy) is 1. The topological polar surface area (TPSA) is 12.5 Å². The van der Waals surface area contributed by atoms with E-state index >= 15 is 0 Å². The first-order valence-electron chi connectivity index (χ1n) is 4.65. The predicted octanol–water partition coefficient (Wildman–Crippen LogP) is 1.12. The van der Waals surface area contributed by atoms with Crippen molar-refractivity contribution in [3.8, 4) is 0 Å². The van der Waals surface area contributed by atoms with E-state index in [1.165, 1.54) is 19.3 Å². The van der Waals surface area contributed by atoms with Crippen molar-refractivity contribution in [3.05, 3.63) is 0 Å². The third kappa shape index (κ3) is 1.74. The minimum atomic E-state index is 0.556. The lowest BCUT2D eigenvalue weighted by Gasteiger charge is -2.37. The smallest absolute Gasteiger partial charge is 0.0828 e. The molecule has 0 bridgehead atoms. The summed E-state index contributed by atoms with van der Waals surface area (Å²) in [5.74, 6) is 0.904. The SMILES string of the molecule is CN1CC(OCC2CCC2)C1. The normalized spacial score (nSPS) is 28.1. The van der Waals surface area contributed by atoms with Crippen LogP contribution in [-0.4, -0.2) is 37.7 Å². The second-order valence-electron chi connectivity index (χ2n) is 3.97. The Morgan fingerprint density at radius 1 is 1.36 bits per heavy atom. The van der Waals surface area contributed by atoms with E-state index in [1.54, 1.807) is 0 Å². The molecular formula is C9H17NO. The number of hydrogen-bond acceptors (Lipinski definition) is 2. The molecule has 2 heteroatoms. The molecule has 1 heterocycles. The van der Waals surface area contributed by atoms with Crippen molar-refractivity contribution in [3.63, 3.8) is 0 Å². The molecule has 1 saturated heterocycles. The largest absolute Gasteiger partial charge is 0.375 e. The van der Waals surface area contributed by atoms with Crippen molar-refractivity contribution in [2.75, 3.05) is 26.7 Å². The molecule has 1 aliphatic carbocycles. The van der Waals surface area contributed by atoms with Crippen LogP contribution in [0.25, 0.3) is 0 Å². The van der Waals surface area contributed by atoms with Crippen molar-refractivity contribution < 1.29 is 4.74 Å². The van der Waals surface area contributed by atoms with Crippen molar-refractivity contribution in [2.45, 2.75) is 25.4 Å². The van der Waals surface area contributed by atoms with Gasteiger partial charge in [-0.1, -0.05) is 6.42 Å². The molecule has 2 nitrogen and oxygen atoms in total. The Labute approximate surface area is 68.5 Å². The van der Waals surface area contributed by atoms with Gasteiger partial charge in [0, 0.05) is 19.7 Å². The Morgan fingerprint density at radius 3 is 2.55 bits per heavy atom. The van der Waals surface area contributed by atoms with Gasteiger partial charge in [0.15, 0.2) is 0 Å². The first-order valence-corrected chi connectivity index (χ1v) is 4.65. The van der Waals surface area contributed by atoms with Crippen LogP contribution >= 0.6 is 0 Å². The van der Waals surface area contributed by atoms with E-state index in [0.29, 0.717) is 6.10 Å². The monoisotopic (exact) mass is 155 g/mol. The summed E-state index contributed by atoms with van der Waals surface area (Å²) in [5.41, 5.74) is 0. The Bertz CT molecular complexity index is 128. The second-order valence-corrected chi connectivity index (χ2v) is 3.97. The second kappa shape index (κ2) is 3.11. The van der Waals surface area contributed by atoms with Gasteiger partial charge in [0.1, 0.15) is 0 Å². The molecule has 0 aromatic carbocycles. The summed E-state index contributed by atoms with van der Waals surface area (Å²) in [7, 11) is 2.14. The van der Waals surface area contributed by atoms with Gasteiger partial charge in [0.05, 0.1) is 6.10 Å². The van der Waals surface area contributed by atoms with Crippen LogP contribution in [0.5, 0.6) is 0 Å². The highest BCUT2D eigenvalue weighted by molar-refractivity contribution is 4.78. The molecule has 0 atom stereocenters. The molecule has 0 N–H and O–H groups in total. The maximum absolute atomic E-state index is 5.71. The molecule has 11 heavy (non-hydrogen) atoms. The first kappa shape index (κ1) is 7.56. The summed E-state index contributed by atoms with van der Waals surface area (Å²) in [6, 6.07) is 0. The molecule has 1 saturated carbocycles. The number of rotatable bonds is 3. The molecule has 2 rings (SSSR count). The van der Waals surface area contributed by atoms with E-state index in [1.807, 2.05) is 0 Å². The van der Waals surface area contributed by atoms with Crippen molar-refractivity contribution in [2.24, 2.45) is 5.92 Å². The molecule has 0 radical (unpaired) electrons. The van der Waals surface area contributed by atoms with Crippen LogP contribution in [0.4, 0.5) is 0 Å². The molecule has 2 aliphatic rings. The zero-order valence-electron chi connectivity index (χ0n) is 7.25. The zero-order chi connectivity index (χ0) is 7.68. The van der Waals surface area contributed by atoms with Crippen LogP contribution in [0.15, 0.2) is 0 Å². The Balaban J connectivity index is 1.53. The van der Waals surface area contributed by atoms with Gasteiger partial charge in [0.25, 0.3) is 0 Å². The minimum absolute atomic E-state index is 0.556. The van der Waals surface area contributed by atoms with Gasteiger partial charge in [-0.25, -0.2) is 0 Å². The molecule has 0 aromatic rings. The Morgan fingerprint density at radius 2 is 2.09 bits per heavy atom. The predicted molar refractivity (Wildman–Crippen MR) is 44.6 cm³/mol. The minimum Gasteiger partial charge on any atom is -0.375 e. The fraction of sp³-hybridized carbons (Fsp3) is 1.00. The van der Waals surface area contributed by atoms with Crippen LogP contribution < -0.4 is 0 Å². The van der Waals surface area contributed by atoms with Crippen LogP contribution in [0.1, 0.15) is 19.3 Å². The van der Waals surface area contributed by atoms with Gasteiger partial charge in [-0.15, -0.1) is 0 Å². The molecule has 2 fully saturated rings. The van der Waals surface area contributed by atoms with Gasteiger partial charge < -0.3 is 9.64 Å². The van der Waals surface area contributed by atoms with Gasteiger partial charge in [-0.3, -0.25) is 0 Å². The standard InChI is InChI=1S/C9H17NO/c1-10-5-9(6-10)11-7-8-3-2-4-8/h8-9H,2-7H2,1H3. The number of hydrogen-bond donors (Lipinski definition) is 0. The van der Waals surface area contributed by atoms with E-state index in [-0.39, 0.29) is 0 Å². The third-order valence-electron chi connectivity index (χ3n) is 2.82. The lowest BCUT2D eigenvalue weighted by atomic mass is 9.86. The van der Waals surface area contributed by atoms with Gasteiger partial charge in [-0.05, 0) is 25.8 Å². The summed E-state index contributed by atoms with van der Waals surface area (Å²) in [5, 5.41) is 0. The molecule has 0 amide bonds. The van der Waals surface area contributed by atoms with E-state index in [9.17, 15) is 0 Å². The highest BCUT2D eigenvalue weighted by Gasteiger charge is 2.26. The molecule has 0 aromatic heterocycles. The maximum atomic E-state index is 5.71. The van der Waals surface area contributed by atoms with E-state index in [0.717, 1.165) is 25.6 Å². The van der Waals surface area contributed by atoms with Crippen molar-refractivity contribution in [1.29, 1.82) is 0 Å². The fourth-order valence-corrected chi connectivity index (χ4v) is 1.68. The van der Waals surface area contributed by atoms with Gasteiger partial charge >= 0.3 is 0 Å². The highest BCUT2D eigenvalue weighted by Crippen LogP contribution is 2.27. The van der Waals surface area contributed by atoms with E-state index < -0.39 is 0 Å². The fourth-order valence-electron chi connectivity index (χ4n) is 1.68. The Kier molecular flexibility index (Phi) is 2.14. The molecule has 0 spiro atoms. The third-order valence-corrected chi connectivity index (χ3v) is 2.82. The molecule has 1 aliphatic heterocycles. The lowest BCUT2D eigenvalue weighted by Crippen LogP contribution is -2.50. The van der Waals surface area contributed by atoms with Crippen LogP contribution in [-0.2, 0) is 4.74 Å². The van der Waals surface area contributed by atoms with Crippen LogP contribution in [0.3, 0.4) is 0 Å². The molecule has 64 valence electrons. The summed E-state index contributed by atoms with van der Waals surface area (Å²) < 4.78 is 5.71. The highest BCUT2D eigenvalue weighted by atomic mass is 16.5. The number of likely N-dealkylation sites (N-methyl/N-ethyl adjacent to an activating group) is 1. The van der Waals surface area contributed by atoms with E-state index in [2.05, 4.69) is 11.9 Å². The van der Waals surface area contributed by atoms with Crippen molar-refractivity contribution in [1.82, 2.24) is 4.90 Å². The summed E-state index contributed by atoms with van der Waals surface area (Å²) >= 11 is 0. The average Bonchev–Trinajstić information content (AvgIpc) is 1.80. The molecule has 0 unspecified atom stereocenters. The Hall–Kier alpha value is -0.0800. The summed E-state index contributed by atoms with van der Waals surface area (Å²) in [6.45, 7) is 3.32. The van der Waals surface area contributed by atoms with Gasteiger partial charge in [-0.2, -0.15) is 0 Å². The number of nitrogens with zero attached hydrogens (tertiary/aromatic N) is 1. The zero-order valence-corrected chi connectivity index (χ0v) is 7.25.